The molecule has 0 radical (unpaired) electrons. The summed E-state index contributed by atoms with van der Waals surface area (Å²) in [6.45, 7) is 0. The van der Waals surface area contributed by atoms with Crippen molar-refractivity contribution in [2.75, 3.05) is 0 Å². The van der Waals surface area contributed by atoms with Gasteiger partial charge in [-0.25, -0.2) is 9.97 Å². The van der Waals surface area contributed by atoms with Crippen LogP contribution in [0.2, 0.25) is 0 Å². The number of benzene rings is 7. The minimum atomic E-state index is 0.713. The number of aromatic nitrogens is 4. The molecule has 0 bridgehead atoms. The lowest BCUT2D eigenvalue weighted by atomic mass is 10.0. The van der Waals surface area contributed by atoms with Gasteiger partial charge in [-0.3, -0.25) is 0 Å². The summed E-state index contributed by atoms with van der Waals surface area (Å²) < 4.78 is 4.68. The second-order valence-corrected chi connectivity index (χ2v) is 12.6. The van der Waals surface area contributed by atoms with Crippen LogP contribution in [0, 0.1) is 0 Å². The van der Waals surface area contributed by atoms with Crippen LogP contribution in [0.25, 0.3) is 88.9 Å². The van der Waals surface area contributed by atoms with Gasteiger partial charge in [0.05, 0.1) is 27.8 Å². The van der Waals surface area contributed by atoms with Gasteiger partial charge in [0, 0.05) is 38.7 Å². The molecule has 0 aliphatic heterocycles. The van der Waals surface area contributed by atoms with Crippen molar-refractivity contribution in [3.8, 4) is 45.1 Å². The number of hydrogen-bond acceptors (Lipinski definition) is 2. The van der Waals surface area contributed by atoms with Crippen molar-refractivity contribution >= 4 is 43.7 Å². The summed E-state index contributed by atoms with van der Waals surface area (Å²) in [5.74, 6) is 0.713. The van der Waals surface area contributed by atoms with Crippen molar-refractivity contribution in [1.29, 1.82) is 0 Å². The molecular formula is C46H30N4. The first-order valence-electron chi connectivity index (χ1n) is 16.9. The zero-order valence-electron chi connectivity index (χ0n) is 27.1. The smallest absolute Gasteiger partial charge is 0.160 e. The van der Waals surface area contributed by atoms with Gasteiger partial charge in [0.1, 0.15) is 5.52 Å². The Labute approximate surface area is 289 Å². The highest BCUT2D eigenvalue weighted by molar-refractivity contribution is 6.14. The van der Waals surface area contributed by atoms with Crippen molar-refractivity contribution in [3.63, 3.8) is 0 Å². The fourth-order valence-corrected chi connectivity index (χ4v) is 7.44. The molecule has 0 unspecified atom stereocenters. The Balaban J connectivity index is 1.26. The Hall–Kier alpha value is -6.78. The van der Waals surface area contributed by atoms with Gasteiger partial charge in [-0.1, -0.05) is 127 Å². The molecule has 50 heavy (non-hydrogen) atoms. The van der Waals surface area contributed by atoms with E-state index in [1.54, 1.807) is 0 Å². The predicted octanol–water partition coefficient (Wildman–Crippen LogP) is 11.7. The van der Waals surface area contributed by atoms with Crippen molar-refractivity contribution in [2.24, 2.45) is 0 Å². The maximum Gasteiger partial charge on any atom is 0.160 e. The van der Waals surface area contributed by atoms with Crippen LogP contribution in [0.4, 0.5) is 0 Å². The molecule has 10 rings (SSSR count). The quantitative estimate of drug-likeness (QED) is 0.188. The molecule has 3 heterocycles. The van der Waals surface area contributed by atoms with E-state index < -0.39 is 0 Å². The van der Waals surface area contributed by atoms with Crippen molar-refractivity contribution < 1.29 is 0 Å². The Morgan fingerprint density at radius 2 is 0.840 bits per heavy atom. The molecule has 7 aromatic carbocycles. The predicted molar refractivity (Wildman–Crippen MR) is 207 cm³/mol. The van der Waals surface area contributed by atoms with Crippen LogP contribution in [0.1, 0.15) is 0 Å². The summed E-state index contributed by atoms with van der Waals surface area (Å²) >= 11 is 0. The van der Waals surface area contributed by atoms with Crippen molar-refractivity contribution in [2.45, 2.75) is 0 Å². The highest BCUT2D eigenvalue weighted by Crippen LogP contribution is 2.40. The first kappa shape index (κ1) is 28.3. The SMILES string of the molecule is c1ccc(-c2nc(-c3ccccc3)c3c(n2)c2cc(-c4ccc5c(c4)c4ccccc4n5-c4ccccc4)ccc2n3-c2ccccc2)cc1. The van der Waals surface area contributed by atoms with Gasteiger partial charge in [-0.15, -0.1) is 0 Å². The summed E-state index contributed by atoms with van der Waals surface area (Å²) in [5, 5.41) is 3.56. The molecule has 0 N–H and O–H groups in total. The van der Waals surface area contributed by atoms with Crippen molar-refractivity contribution in [1.82, 2.24) is 19.1 Å². The molecule has 0 atom stereocenters. The molecule has 0 saturated heterocycles. The number of rotatable bonds is 5. The molecule has 0 aliphatic rings. The molecule has 0 fully saturated rings. The van der Waals surface area contributed by atoms with Crippen LogP contribution in [0.15, 0.2) is 182 Å². The van der Waals surface area contributed by atoms with E-state index in [0.29, 0.717) is 5.82 Å². The van der Waals surface area contributed by atoms with Gasteiger partial charge in [-0.2, -0.15) is 0 Å². The van der Waals surface area contributed by atoms with Crippen LogP contribution in [0.3, 0.4) is 0 Å². The van der Waals surface area contributed by atoms with Crippen LogP contribution in [0.5, 0.6) is 0 Å². The third kappa shape index (κ3) is 4.46. The third-order valence-corrected chi connectivity index (χ3v) is 9.71. The molecule has 234 valence electrons. The van der Waals surface area contributed by atoms with E-state index in [1.165, 1.54) is 21.8 Å². The van der Waals surface area contributed by atoms with Gasteiger partial charge in [0.25, 0.3) is 0 Å². The highest BCUT2D eigenvalue weighted by atomic mass is 15.0. The van der Waals surface area contributed by atoms with Gasteiger partial charge in [0.2, 0.25) is 0 Å². The molecule has 4 nitrogen and oxygen atoms in total. The highest BCUT2D eigenvalue weighted by Gasteiger charge is 2.22. The normalized spacial score (nSPS) is 11.6. The lowest BCUT2D eigenvalue weighted by molar-refractivity contribution is 1.15. The fraction of sp³-hybridized carbons (Fsp3) is 0. The first-order valence-corrected chi connectivity index (χ1v) is 16.9. The number of para-hydroxylation sites is 3. The Morgan fingerprint density at radius 3 is 1.50 bits per heavy atom. The zero-order chi connectivity index (χ0) is 33.0. The monoisotopic (exact) mass is 638 g/mol. The van der Waals surface area contributed by atoms with Gasteiger partial charge in [-0.05, 0) is 65.7 Å². The van der Waals surface area contributed by atoms with Gasteiger partial charge >= 0.3 is 0 Å². The van der Waals surface area contributed by atoms with E-state index in [2.05, 4.69) is 167 Å². The van der Waals surface area contributed by atoms with Crippen LogP contribution in [-0.2, 0) is 0 Å². The zero-order valence-corrected chi connectivity index (χ0v) is 27.1. The number of fused-ring (bicyclic) bond motifs is 6. The second-order valence-electron chi connectivity index (χ2n) is 12.6. The fourth-order valence-electron chi connectivity index (χ4n) is 7.44. The van der Waals surface area contributed by atoms with E-state index in [4.69, 9.17) is 9.97 Å². The maximum atomic E-state index is 5.33. The Kier molecular flexibility index (Phi) is 6.46. The summed E-state index contributed by atoms with van der Waals surface area (Å²) in [7, 11) is 0. The number of nitrogens with zero attached hydrogens (tertiary/aromatic N) is 4. The van der Waals surface area contributed by atoms with Gasteiger partial charge < -0.3 is 9.13 Å². The van der Waals surface area contributed by atoms with E-state index in [9.17, 15) is 0 Å². The third-order valence-electron chi connectivity index (χ3n) is 9.71. The average Bonchev–Trinajstić information content (AvgIpc) is 3.71. The maximum absolute atomic E-state index is 5.33. The second kappa shape index (κ2) is 11.4. The largest absolute Gasteiger partial charge is 0.309 e. The molecule has 0 saturated carbocycles. The van der Waals surface area contributed by atoms with Crippen LogP contribution in [-0.4, -0.2) is 19.1 Å². The topological polar surface area (TPSA) is 35.6 Å². The summed E-state index contributed by atoms with van der Waals surface area (Å²) in [5.41, 5.74) is 12.9. The van der Waals surface area contributed by atoms with Gasteiger partial charge in [0.15, 0.2) is 5.82 Å². The average molecular weight is 639 g/mol. The Morgan fingerprint density at radius 1 is 0.340 bits per heavy atom. The molecule has 0 spiro atoms. The summed E-state index contributed by atoms with van der Waals surface area (Å²) in [6.07, 6.45) is 0. The van der Waals surface area contributed by atoms with Crippen LogP contribution < -0.4 is 0 Å². The molecule has 0 aliphatic carbocycles. The Bertz CT molecular complexity index is 2840. The molecule has 0 amide bonds. The van der Waals surface area contributed by atoms with E-state index in [-0.39, 0.29) is 0 Å². The number of hydrogen-bond donors (Lipinski definition) is 0. The van der Waals surface area contributed by atoms with Crippen LogP contribution >= 0.6 is 0 Å². The van der Waals surface area contributed by atoms with E-state index in [1.807, 2.05) is 24.3 Å². The minimum Gasteiger partial charge on any atom is -0.309 e. The lowest BCUT2D eigenvalue weighted by Gasteiger charge is -2.12. The standard InChI is InChI=1S/C46H30N4/c1-5-15-31(16-6-1)43-45-44(48-46(47-43)32-17-7-2-8-18-32)39-30-34(26-28-42(39)50(45)36-21-11-4-12-22-36)33-25-27-41-38(29-33)37-23-13-14-24-40(37)49(41)35-19-9-3-10-20-35/h1-30H. The molecule has 10 aromatic rings. The first-order chi connectivity index (χ1) is 24.8. The molecular weight excluding hydrogens is 609 g/mol. The van der Waals surface area contributed by atoms with E-state index in [0.717, 1.165) is 61.3 Å². The summed E-state index contributed by atoms with van der Waals surface area (Å²) in [6, 6.07) is 64.2. The van der Waals surface area contributed by atoms with Crippen molar-refractivity contribution in [3.05, 3.63) is 182 Å². The summed E-state index contributed by atoms with van der Waals surface area (Å²) in [4.78, 5) is 10.6. The lowest BCUT2D eigenvalue weighted by Crippen LogP contribution is -1.99. The molecule has 4 heteroatoms. The molecule has 3 aromatic heterocycles. The van der Waals surface area contributed by atoms with E-state index >= 15 is 0 Å². The minimum absolute atomic E-state index is 0.713.